The molecule has 3 nitrogen and oxygen atoms in total. The van der Waals surface area contributed by atoms with E-state index in [2.05, 4.69) is 5.32 Å². The third kappa shape index (κ3) is 3.67. The molecule has 0 aromatic carbocycles. The number of aliphatic hydroxyl groups excluding tert-OH is 2. The van der Waals surface area contributed by atoms with Crippen molar-refractivity contribution in [3.63, 3.8) is 0 Å². The standard InChI is InChI=1S/C14H27NO2/c16-10-11-6-4-5-7-12(11)15-13-8-2-1-3-9-14(13)17/h11-17H,1-10H2. The fourth-order valence-corrected chi connectivity index (χ4v) is 3.40. The van der Waals surface area contributed by atoms with Crippen molar-refractivity contribution in [2.75, 3.05) is 6.61 Å². The molecule has 4 unspecified atom stereocenters. The summed E-state index contributed by atoms with van der Waals surface area (Å²) < 4.78 is 0. The highest BCUT2D eigenvalue weighted by Crippen LogP contribution is 2.26. The Morgan fingerprint density at radius 3 is 2.29 bits per heavy atom. The largest absolute Gasteiger partial charge is 0.396 e. The molecule has 17 heavy (non-hydrogen) atoms. The van der Waals surface area contributed by atoms with Gasteiger partial charge in [-0.05, 0) is 31.6 Å². The Morgan fingerprint density at radius 1 is 0.824 bits per heavy atom. The van der Waals surface area contributed by atoms with E-state index in [4.69, 9.17) is 0 Å². The first kappa shape index (κ1) is 13.3. The van der Waals surface area contributed by atoms with Gasteiger partial charge in [0.15, 0.2) is 0 Å². The highest BCUT2D eigenvalue weighted by atomic mass is 16.3. The lowest BCUT2D eigenvalue weighted by Gasteiger charge is -2.35. The van der Waals surface area contributed by atoms with Crippen molar-refractivity contribution in [2.24, 2.45) is 5.92 Å². The molecule has 0 aliphatic heterocycles. The van der Waals surface area contributed by atoms with Crippen molar-refractivity contribution >= 4 is 0 Å². The van der Waals surface area contributed by atoms with E-state index in [0.29, 0.717) is 18.6 Å². The van der Waals surface area contributed by atoms with Gasteiger partial charge in [-0.25, -0.2) is 0 Å². The molecule has 2 aliphatic carbocycles. The maximum Gasteiger partial charge on any atom is 0.0693 e. The molecule has 0 saturated heterocycles. The predicted octanol–water partition coefficient (Wildman–Crippen LogP) is 1.82. The van der Waals surface area contributed by atoms with Crippen molar-refractivity contribution in [1.29, 1.82) is 0 Å². The van der Waals surface area contributed by atoms with Crippen molar-refractivity contribution in [1.82, 2.24) is 5.32 Å². The van der Waals surface area contributed by atoms with E-state index >= 15 is 0 Å². The third-order valence-corrected chi connectivity index (χ3v) is 4.55. The Morgan fingerprint density at radius 2 is 1.47 bits per heavy atom. The van der Waals surface area contributed by atoms with Crippen molar-refractivity contribution in [2.45, 2.75) is 76.0 Å². The first-order chi connectivity index (χ1) is 8.31. The molecule has 2 fully saturated rings. The topological polar surface area (TPSA) is 52.5 Å². The molecule has 0 spiro atoms. The van der Waals surface area contributed by atoms with Gasteiger partial charge in [-0.15, -0.1) is 0 Å². The van der Waals surface area contributed by atoms with E-state index in [9.17, 15) is 10.2 Å². The SMILES string of the molecule is OCC1CCCCC1NC1CCCCCC1O. The van der Waals surface area contributed by atoms with E-state index in [1.54, 1.807) is 0 Å². The summed E-state index contributed by atoms with van der Waals surface area (Å²) in [7, 11) is 0. The molecule has 3 N–H and O–H groups in total. The van der Waals surface area contributed by atoms with Crippen LogP contribution >= 0.6 is 0 Å². The van der Waals surface area contributed by atoms with Gasteiger partial charge in [0.2, 0.25) is 0 Å². The molecule has 100 valence electrons. The molecular formula is C14H27NO2. The van der Waals surface area contributed by atoms with Gasteiger partial charge in [0.05, 0.1) is 6.10 Å². The lowest BCUT2D eigenvalue weighted by atomic mass is 9.84. The summed E-state index contributed by atoms with van der Waals surface area (Å²) in [4.78, 5) is 0. The van der Waals surface area contributed by atoms with Crippen LogP contribution in [0.15, 0.2) is 0 Å². The van der Waals surface area contributed by atoms with Crippen LogP contribution in [0.3, 0.4) is 0 Å². The van der Waals surface area contributed by atoms with Gasteiger partial charge in [0, 0.05) is 18.7 Å². The van der Waals surface area contributed by atoms with Crippen molar-refractivity contribution in [3.8, 4) is 0 Å². The normalized spacial score (nSPS) is 39.9. The van der Waals surface area contributed by atoms with Gasteiger partial charge in [0.1, 0.15) is 0 Å². The molecular weight excluding hydrogens is 214 g/mol. The Balaban J connectivity index is 1.88. The number of nitrogens with one attached hydrogen (secondary N) is 1. The summed E-state index contributed by atoms with van der Waals surface area (Å²) in [5.74, 6) is 0.402. The molecule has 0 heterocycles. The smallest absolute Gasteiger partial charge is 0.0693 e. The molecule has 0 bridgehead atoms. The van der Waals surface area contributed by atoms with Crippen molar-refractivity contribution < 1.29 is 10.2 Å². The van der Waals surface area contributed by atoms with Gasteiger partial charge in [-0.1, -0.05) is 32.1 Å². The van der Waals surface area contributed by atoms with Crippen LogP contribution in [0, 0.1) is 5.92 Å². The quantitative estimate of drug-likeness (QED) is 0.661. The van der Waals surface area contributed by atoms with Gasteiger partial charge < -0.3 is 15.5 Å². The Bertz CT molecular complexity index is 222. The second kappa shape index (κ2) is 6.72. The van der Waals surface area contributed by atoms with Crippen LogP contribution in [0.2, 0.25) is 0 Å². The van der Waals surface area contributed by atoms with Crippen LogP contribution in [0.1, 0.15) is 57.8 Å². The van der Waals surface area contributed by atoms with Crippen LogP contribution in [-0.4, -0.2) is 35.0 Å². The fraction of sp³-hybridized carbons (Fsp3) is 1.00. The van der Waals surface area contributed by atoms with Crippen molar-refractivity contribution in [3.05, 3.63) is 0 Å². The molecule has 2 aliphatic rings. The van der Waals surface area contributed by atoms with Crippen LogP contribution in [-0.2, 0) is 0 Å². The molecule has 0 aromatic heterocycles. The average molecular weight is 241 g/mol. The van der Waals surface area contributed by atoms with E-state index < -0.39 is 0 Å². The summed E-state index contributed by atoms with van der Waals surface area (Å²) in [6.45, 7) is 0.292. The van der Waals surface area contributed by atoms with Gasteiger partial charge in [0.25, 0.3) is 0 Å². The van der Waals surface area contributed by atoms with Gasteiger partial charge in [-0.3, -0.25) is 0 Å². The second-order valence-corrected chi connectivity index (χ2v) is 5.81. The predicted molar refractivity (Wildman–Crippen MR) is 68.8 cm³/mol. The molecule has 2 rings (SSSR count). The number of hydrogen-bond donors (Lipinski definition) is 3. The summed E-state index contributed by atoms with van der Waals surface area (Å²) in [6.07, 6.45) is 10.3. The Kier molecular flexibility index (Phi) is 5.26. The third-order valence-electron chi connectivity index (χ3n) is 4.55. The van der Waals surface area contributed by atoms with Crippen LogP contribution in [0.5, 0.6) is 0 Å². The van der Waals surface area contributed by atoms with E-state index in [-0.39, 0.29) is 12.1 Å². The maximum atomic E-state index is 10.1. The minimum absolute atomic E-state index is 0.182. The number of aliphatic hydroxyl groups is 2. The lowest BCUT2D eigenvalue weighted by molar-refractivity contribution is 0.0873. The number of hydrogen-bond acceptors (Lipinski definition) is 3. The zero-order chi connectivity index (χ0) is 12.1. The highest BCUT2D eigenvalue weighted by Gasteiger charge is 2.29. The first-order valence-corrected chi connectivity index (χ1v) is 7.36. The summed E-state index contributed by atoms with van der Waals surface area (Å²) >= 11 is 0. The Hall–Kier alpha value is -0.120. The minimum atomic E-state index is -0.182. The Labute approximate surface area is 105 Å². The van der Waals surface area contributed by atoms with E-state index in [1.165, 1.54) is 25.7 Å². The molecule has 3 heteroatoms. The van der Waals surface area contributed by atoms with Gasteiger partial charge in [-0.2, -0.15) is 0 Å². The zero-order valence-electron chi connectivity index (χ0n) is 10.8. The molecule has 2 saturated carbocycles. The summed E-state index contributed by atoms with van der Waals surface area (Å²) in [6, 6.07) is 0.682. The molecule has 0 radical (unpaired) electrons. The molecule has 4 atom stereocenters. The summed E-state index contributed by atoms with van der Waals surface area (Å²) in [5, 5.41) is 23.2. The van der Waals surface area contributed by atoms with Crippen LogP contribution in [0.25, 0.3) is 0 Å². The van der Waals surface area contributed by atoms with E-state index in [1.807, 2.05) is 0 Å². The van der Waals surface area contributed by atoms with Crippen LogP contribution in [0.4, 0.5) is 0 Å². The van der Waals surface area contributed by atoms with Gasteiger partial charge >= 0.3 is 0 Å². The summed E-state index contributed by atoms with van der Waals surface area (Å²) in [5.41, 5.74) is 0. The zero-order valence-corrected chi connectivity index (χ0v) is 10.8. The fourth-order valence-electron chi connectivity index (χ4n) is 3.40. The average Bonchev–Trinajstić information content (AvgIpc) is 2.56. The molecule has 0 amide bonds. The number of rotatable bonds is 3. The maximum absolute atomic E-state index is 10.1. The second-order valence-electron chi connectivity index (χ2n) is 5.81. The highest BCUT2D eigenvalue weighted by molar-refractivity contribution is 4.87. The monoisotopic (exact) mass is 241 g/mol. The first-order valence-electron chi connectivity index (χ1n) is 7.36. The molecule has 0 aromatic rings. The van der Waals surface area contributed by atoms with Crippen LogP contribution < -0.4 is 5.32 Å². The minimum Gasteiger partial charge on any atom is -0.396 e. The lowest BCUT2D eigenvalue weighted by Crippen LogP contribution is -2.49. The van der Waals surface area contributed by atoms with E-state index in [0.717, 1.165) is 32.1 Å².